The molecule has 1 rings (SSSR count). The molecule has 1 aromatic carbocycles. The lowest BCUT2D eigenvalue weighted by Gasteiger charge is -2.09. The first-order chi connectivity index (χ1) is 5.84. The molecule has 72 valence electrons. The van der Waals surface area contributed by atoms with Crippen molar-refractivity contribution >= 4 is 15.9 Å². The molecule has 1 nitrogen and oxygen atoms in total. The number of phenolic OH excluding ortho intramolecular Hbond substituents is 1. The molecule has 13 heavy (non-hydrogen) atoms. The van der Waals surface area contributed by atoms with E-state index >= 15 is 0 Å². The van der Waals surface area contributed by atoms with Gasteiger partial charge in [-0.1, -0.05) is 0 Å². The lowest BCUT2D eigenvalue weighted by molar-refractivity contribution is -0.138. The monoisotopic (exact) mass is 258 g/mol. The van der Waals surface area contributed by atoms with E-state index in [9.17, 15) is 17.6 Å². The predicted octanol–water partition coefficient (Wildman–Crippen LogP) is 3.31. The zero-order chi connectivity index (χ0) is 10.2. The van der Waals surface area contributed by atoms with Crippen LogP contribution in [0.25, 0.3) is 0 Å². The van der Waals surface area contributed by atoms with E-state index in [2.05, 4.69) is 15.9 Å². The molecule has 0 aromatic heterocycles. The molecule has 0 aliphatic carbocycles. The van der Waals surface area contributed by atoms with Gasteiger partial charge in [0.05, 0.1) is 10.0 Å². The van der Waals surface area contributed by atoms with Gasteiger partial charge in [-0.2, -0.15) is 13.2 Å². The molecule has 0 heterocycles. The van der Waals surface area contributed by atoms with Gasteiger partial charge in [-0.25, -0.2) is 4.39 Å². The number of alkyl halides is 3. The first-order valence-electron chi connectivity index (χ1n) is 3.08. The van der Waals surface area contributed by atoms with Gasteiger partial charge in [-0.3, -0.25) is 0 Å². The SMILES string of the molecule is Oc1ccc(C(F)(F)F)c(Br)c1F. The summed E-state index contributed by atoms with van der Waals surface area (Å²) in [7, 11) is 0. The fourth-order valence-corrected chi connectivity index (χ4v) is 1.32. The highest BCUT2D eigenvalue weighted by Gasteiger charge is 2.34. The molecule has 0 saturated heterocycles. The number of halogens is 5. The highest BCUT2D eigenvalue weighted by Crippen LogP contribution is 2.38. The maximum absolute atomic E-state index is 12.7. The van der Waals surface area contributed by atoms with Gasteiger partial charge >= 0.3 is 6.18 Å². The topological polar surface area (TPSA) is 20.2 Å². The molecule has 0 saturated carbocycles. The van der Waals surface area contributed by atoms with E-state index in [0.717, 1.165) is 0 Å². The van der Waals surface area contributed by atoms with Crippen LogP contribution in [0.2, 0.25) is 0 Å². The van der Waals surface area contributed by atoms with E-state index < -0.39 is 27.8 Å². The molecular weight excluding hydrogens is 256 g/mol. The van der Waals surface area contributed by atoms with Gasteiger partial charge in [0.15, 0.2) is 11.6 Å². The minimum atomic E-state index is -4.63. The minimum Gasteiger partial charge on any atom is -0.505 e. The smallest absolute Gasteiger partial charge is 0.417 e. The Morgan fingerprint density at radius 2 is 1.77 bits per heavy atom. The Morgan fingerprint density at radius 3 is 2.23 bits per heavy atom. The van der Waals surface area contributed by atoms with Gasteiger partial charge in [-0.05, 0) is 28.1 Å². The summed E-state index contributed by atoms with van der Waals surface area (Å²) in [6.45, 7) is 0. The normalized spacial score (nSPS) is 11.8. The average molecular weight is 259 g/mol. The van der Waals surface area contributed by atoms with Crippen LogP contribution in [0.15, 0.2) is 16.6 Å². The summed E-state index contributed by atoms with van der Waals surface area (Å²) in [5.41, 5.74) is -1.15. The second kappa shape index (κ2) is 3.17. The lowest BCUT2D eigenvalue weighted by atomic mass is 10.2. The van der Waals surface area contributed by atoms with Gasteiger partial charge in [-0.15, -0.1) is 0 Å². The summed E-state index contributed by atoms with van der Waals surface area (Å²) in [6.07, 6.45) is -4.63. The Balaban J connectivity index is 3.35. The van der Waals surface area contributed by atoms with Crippen molar-refractivity contribution in [2.75, 3.05) is 0 Å². The summed E-state index contributed by atoms with van der Waals surface area (Å²) >= 11 is 2.41. The highest BCUT2D eigenvalue weighted by atomic mass is 79.9. The van der Waals surface area contributed by atoms with Crippen molar-refractivity contribution in [1.29, 1.82) is 0 Å². The molecule has 0 fully saturated rings. The molecule has 0 amide bonds. The van der Waals surface area contributed by atoms with E-state index in [1.54, 1.807) is 0 Å². The van der Waals surface area contributed by atoms with Crippen LogP contribution in [-0.4, -0.2) is 5.11 Å². The Hall–Kier alpha value is -0.780. The number of rotatable bonds is 0. The van der Waals surface area contributed by atoms with Gasteiger partial charge in [0.25, 0.3) is 0 Å². The van der Waals surface area contributed by atoms with Crippen molar-refractivity contribution in [3.8, 4) is 5.75 Å². The largest absolute Gasteiger partial charge is 0.505 e. The van der Waals surface area contributed by atoms with Crippen LogP contribution < -0.4 is 0 Å². The van der Waals surface area contributed by atoms with E-state index in [1.807, 2.05) is 0 Å². The Kier molecular flexibility index (Phi) is 2.51. The third kappa shape index (κ3) is 1.93. The summed E-state index contributed by atoms with van der Waals surface area (Å²) in [5, 5.41) is 8.72. The molecule has 0 aliphatic heterocycles. The van der Waals surface area contributed by atoms with Crippen LogP contribution in [0.3, 0.4) is 0 Å². The molecule has 1 aromatic rings. The zero-order valence-electron chi connectivity index (χ0n) is 5.99. The standard InChI is InChI=1S/C7H3BrF4O/c8-5-3(7(10,11)12)1-2-4(13)6(5)9/h1-2,13H. The molecule has 1 N–H and O–H groups in total. The Bertz CT molecular complexity index is 334. The summed E-state index contributed by atoms with van der Waals surface area (Å²) in [4.78, 5) is 0. The van der Waals surface area contributed by atoms with Gasteiger partial charge in [0.2, 0.25) is 0 Å². The van der Waals surface area contributed by atoms with Crippen molar-refractivity contribution in [2.24, 2.45) is 0 Å². The maximum Gasteiger partial charge on any atom is 0.417 e. The van der Waals surface area contributed by atoms with E-state index in [4.69, 9.17) is 5.11 Å². The average Bonchev–Trinajstić information content (AvgIpc) is 1.98. The van der Waals surface area contributed by atoms with E-state index in [-0.39, 0.29) is 0 Å². The fraction of sp³-hybridized carbons (Fsp3) is 0.143. The van der Waals surface area contributed by atoms with Crippen LogP contribution in [0.4, 0.5) is 17.6 Å². The number of phenols is 1. The number of aromatic hydroxyl groups is 1. The Morgan fingerprint density at radius 1 is 1.23 bits per heavy atom. The van der Waals surface area contributed by atoms with Crippen LogP contribution in [-0.2, 0) is 6.18 Å². The molecule has 0 radical (unpaired) electrons. The second-order valence-electron chi connectivity index (χ2n) is 2.26. The van der Waals surface area contributed by atoms with Crippen LogP contribution in [0.1, 0.15) is 5.56 Å². The maximum atomic E-state index is 12.7. The molecule has 0 bridgehead atoms. The first kappa shape index (κ1) is 10.3. The van der Waals surface area contributed by atoms with Crippen LogP contribution >= 0.6 is 15.9 Å². The third-order valence-electron chi connectivity index (χ3n) is 1.37. The number of hydrogen-bond acceptors (Lipinski definition) is 1. The van der Waals surface area contributed by atoms with Crippen molar-refractivity contribution in [2.45, 2.75) is 6.18 Å². The Labute approximate surface area is 79.1 Å². The molecular formula is C7H3BrF4O. The minimum absolute atomic E-state index is 0.600. The van der Waals surface area contributed by atoms with Crippen molar-refractivity contribution in [1.82, 2.24) is 0 Å². The van der Waals surface area contributed by atoms with Gasteiger partial charge in [0, 0.05) is 0 Å². The lowest BCUT2D eigenvalue weighted by Crippen LogP contribution is -2.06. The first-order valence-corrected chi connectivity index (χ1v) is 3.87. The van der Waals surface area contributed by atoms with Crippen molar-refractivity contribution in [3.05, 3.63) is 28.0 Å². The number of benzene rings is 1. The second-order valence-corrected chi connectivity index (χ2v) is 3.05. The van der Waals surface area contributed by atoms with Crippen LogP contribution in [0.5, 0.6) is 5.75 Å². The summed E-state index contributed by atoms with van der Waals surface area (Å²) < 4.78 is 48.2. The summed E-state index contributed by atoms with van der Waals surface area (Å²) in [5.74, 6) is -2.13. The van der Waals surface area contributed by atoms with Crippen molar-refractivity contribution < 1.29 is 22.7 Å². The number of hydrogen-bond donors (Lipinski definition) is 1. The van der Waals surface area contributed by atoms with Crippen molar-refractivity contribution in [3.63, 3.8) is 0 Å². The fourth-order valence-electron chi connectivity index (χ4n) is 0.758. The molecule has 0 unspecified atom stereocenters. The summed E-state index contributed by atoms with van der Waals surface area (Å²) in [6, 6.07) is 1.26. The predicted molar refractivity (Wildman–Crippen MR) is 40.8 cm³/mol. The van der Waals surface area contributed by atoms with E-state index in [0.29, 0.717) is 12.1 Å². The molecule has 0 aliphatic rings. The molecule has 0 spiro atoms. The highest BCUT2D eigenvalue weighted by molar-refractivity contribution is 9.10. The zero-order valence-corrected chi connectivity index (χ0v) is 7.58. The molecule has 0 atom stereocenters. The molecule has 6 heteroatoms. The van der Waals surface area contributed by atoms with Gasteiger partial charge < -0.3 is 5.11 Å². The third-order valence-corrected chi connectivity index (χ3v) is 2.14. The quantitative estimate of drug-likeness (QED) is 0.708. The van der Waals surface area contributed by atoms with Crippen LogP contribution in [0, 0.1) is 5.82 Å². The van der Waals surface area contributed by atoms with Gasteiger partial charge in [0.1, 0.15) is 0 Å². The van der Waals surface area contributed by atoms with E-state index in [1.165, 1.54) is 0 Å².